The van der Waals surface area contributed by atoms with Gasteiger partial charge in [0.1, 0.15) is 73.2 Å². The molecule has 0 aromatic rings. The van der Waals surface area contributed by atoms with E-state index in [9.17, 15) is 61.0 Å². The van der Waals surface area contributed by atoms with Crippen LogP contribution in [0.3, 0.4) is 0 Å². The van der Waals surface area contributed by atoms with Crippen LogP contribution in [0.4, 0.5) is 0 Å². The van der Waals surface area contributed by atoms with E-state index in [2.05, 4.69) is 31.3 Å². The molecular formula is C74H139NO18. The van der Waals surface area contributed by atoms with Crippen molar-refractivity contribution in [2.24, 2.45) is 0 Å². The summed E-state index contributed by atoms with van der Waals surface area (Å²) >= 11 is 0. The van der Waals surface area contributed by atoms with Gasteiger partial charge in [0.2, 0.25) is 5.91 Å². The molecule has 0 spiro atoms. The van der Waals surface area contributed by atoms with Crippen LogP contribution < -0.4 is 5.32 Å². The fraction of sp³-hybridized carbons (Fsp3) is 0.932. The number of aliphatic hydroxyl groups excluding tert-OH is 11. The third-order valence-corrected chi connectivity index (χ3v) is 19.3. The summed E-state index contributed by atoms with van der Waals surface area (Å²) in [5, 5.41) is 121. The Kier molecular flexibility index (Phi) is 51.5. The minimum absolute atomic E-state index is 0.241. The summed E-state index contributed by atoms with van der Waals surface area (Å²) < 4.78 is 34.4. The van der Waals surface area contributed by atoms with E-state index in [1.54, 1.807) is 6.08 Å². The Bertz CT molecular complexity index is 1780. The molecule has 19 heteroatoms. The van der Waals surface area contributed by atoms with Gasteiger partial charge in [-0.15, -0.1) is 0 Å². The van der Waals surface area contributed by atoms with Gasteiger partial charge in [-0.2, -0.15) is 0 Å². The van der Waals surface area contributed by atoms with Crippen molar-refractivity contribution in [2.75, 3.05) is 26.4 Å². The standard InChI is InChI=1S/C74H139NO18/c1-3-5-7-9-11-13-15-17-19-21-23-25-27-28-30-31-33-35-37-39-41-43-45-47-49-51-58(79)57(75-62(80)52-50-48-46-44-42-40-38-36-34-32-29-26-24-22-20-18-16-14-12-10-8-6-4-2)56-88-72-68(86)65(83)70(60(54-77)90-72)93-74-69(87)66(84)71(61(55-78)91-74)92-73-67(85)64(82)63(81)59(53-76)89-73/h41,43,49,51,57-61,63-74,76-79,81-87H,3-40,42,44-48,50,52-56H2,1-2H3,(H,75,80)/b43-41+,51-49+. The lowest BCUT2D eigenvalue weighted by Crippen LogP contribution is -2.66. The lowest BCUT2D eigenvalue weighted by molar-refractivity contribution is -0.379. The predicted octanol–water partition coefficient (Wildman–Crippen LogP) is 11.4. The van der Waals surface area contributed by atoms with Crippen LogP contribution in [0.2, 0.25) is 0 Å². The molecule has 93 heavy (non-hydrogen) atoms. The third-order valence-electron chi connectivity index (χ3n) is 19.3. The van der Waals surface area contributed by atoms with E-state index in [1.165, 1.54) is 238 Å². The first kappa shape index (κ1) is 85.5. The van der Waals surface area contributed by atoms with Gasteiger partial charge in [-0.3, -0.25) is 4.79 Å². The average molecular weight is 1330 g/mol. The number of ether oxygens (including phenoxy) is 6. The maximum absolute atomic E-state index is 13.4. The number of hydrogen-bond acceptors (Lipinski definition) is 18. The third kappa shape index (κ3) is 37.3. The summed E-state index contributed by atoms with van der Waals surface area (Å²) in [5.41, 5.74) is 0. The number of nitrogens with one attached hydrogen (secondary N) is 1. The molecule has 19 nitrogen and oxygen atoms in total. The molecule has 3 saturated heterocycles. The number of carbonyl (C=O) groups is 1. The molecule has 17 atom stereocenters. The van der Waals surface area contributed by atoms with Gasteiger partial charge in [0.15, 0.2) is 18.9 Å². The van der Waals surface area contributed by atoms with Crippen LogP contribution in [-0.2, 0) is 33.2 Å². The molecule has 0 aromatic carbocycles. The summed E-state index contributed by atoms with van der Waals surface area (Å²) in [6.07, 6.45) is 38.8. The van der Waals surface area contributed by atoms with Crippen molar-refractivity contribution >= 4 is 5.91 Å². The van der Waals surface area contributed by atoms with Gasteiger partial charge >= 0.3 is 0 Å². The van der Waals surface area contributed by atoms with Gasteiger partial charge in [-0.1, -0.05) is 295 Å². The molecular weight excluding hydrogens is 1190 g/mol. The monoisotopic (exact) mass is 1330 g/mol. The minimum atomic E-state index is -1.98. The maximum atomic E-state index is 13.4. The van der Waals surface area contributed by atoms with Crippen LogP contribution in [0.25, 0.3) is 0 Å². The second-order valence-corrected chi connectivity index (χ2v) is 27.5. The number of carbonyl (C=O) groups excluding carboxylic acids is 1. The first-order chi connectivity index (χ1) is 45.3. The number of unbranched alkanes of at least 4 members (excludes halogenated alkanes) is 42. The molecule has 1 amide bonds. The van der Waals surface area contributed by atoms with E-state index in [0.29, 0.717) is 12.8 Å². The predicted molar refractivity (Wildman–Crippen MR) is 365 cm³/mol. The molecule has 3 aliphatic rings. The van der Waals surface area contributed by atoms with E-state index in [-0.39, 0.29) is 18.9 Å². The van der Waals surface area contributed by atoms with E-state index in [0.717, 1.165) is 38.5 Å². The second-order valence-electron chi connectivity index (χ2n) is 27.5. The first-order valence-corrected chi connectivity index (χ1v) is 38.1. The van der Waals surface area contributed by atoms with Crippen molar-refractivity contribution in [3.05, 3.63) is 24.3 Å². The summed E-state index contributed by atoms with van der Waals surface area (Å²) in [7, 11) is 0. The molecule has 548 valence electrons. The largest absolute Gasteiger partial charge is 0.394 e. The molecule has 3 heterocycles. The van der Waals surface area contributed by atoms with E-state index in [4.69, 9.17) is 28.4 Å². The molecule has 0 aromatic heterocycles. The van der Waals surface area contributed by atoms with E-state index in [1.807, 2.05) is 6.08 Å². The van der Waals surface area contributed by atoms with Gasteiger partial charge in [-0.05, 0) is 32.1 Å². The van der Waals surface area contributed by atoms with Gasteiger partial charge in [0.25, 0.3) is 0 Å². The Morgan fingerprint density at radius 2 is 0.688 bits per heavy atom. The number of amides is 1. The summed E-state index contributed by atoms with van der Waals surface area (Å²) in [6.45, 7) is 1.77. The molecule has 3 aliphatic heterocycles. The Balaban J connectivity index is 1.42. The van der Waals surface area contributed by atoms with Crippen molar-refractivity contribution < 1.29 is 89.4 Å². The summed E-state index contributed by atoms with van der Waals surface area (Å²) in [5.74, 6) is -0.278. The topological polar surface area (TPSA) is 307 Å². The number of rotatable bonds is 60. The fourth-order valence-electron chi connectivity index (χ4n) is 13.1. The molecule has 3 fully saturated rings. The molecule has 0 aliphatic carbocycles. The molecule has 12 N–H and O–H groups in total. The van der Waals surface area contributed by atoms with Crippen molar-refractivity contribution in [1.82, 2.24) is 5.32 Å². The quantitative estimate of drug-likeness (QED) is 0.0199. The molecule has 17 unspecified atom stereocenters. The highest BCUT2D eigenvalue weighted by atomic mass is 16.8. The minimum Gasteiger partial charge on any atom is -0.394 e. The number of allylic oxidation sites excluding steroid dienone is 3. The van der Waals surface area contributed by atoms with Gasteiger partial charge < -0.3 is 89.9 Å². The van der Waals surface area contributed by atoms with Crippen molar-refractivity contribution in [3.8, 4) is 0 Å². The normalized spacial score (nSPS) is 27.6. The first-order valence-electron chi connectivity index (χ1n) is 38.1. The SMILES string of the molecule is CCCCCCCCCCCCCCCCCCCCC/C=C/CC/C=C/C(O)C(COC1OC(CO)C(OC2OC(CO)C(OC3OC(CO)C(O)C(O)C3O)C(O)C2O)C(O)C1O)NC(=O)CCCCCCCCCCCCCCCCCCCCCCCCC. The molecule has 0 bridgehead atoms. The summed E-state index contributed by atoms with van der Waals surface area (Å²) in [6, 6.07) is -0.987. The van der Waals surface area contributed by atoms with E-state index < -0.39 is 124 Å². The van der Waals surface area contributed by atoms with Crippen molar-refractivity contribution in [2.45, 2.75) is 413 Å². The Morgan fingerprint density at radius 1 is 0.376 bits per heavy atom. The highest BCUT2D eigenvalue weighted by molar-refractivity contribution is 5.76. The van der Waals surface area contributed by atoms with Crippen LogP contribution in [0, 0.1) is 0 Å². The zero-order chi connectivity index (χ0) is 67.5. The number of aliphatic hydroxyl groups is 11. The smallest absolute Gasteiger partial charge is 0.220 e. The van der Waals surface area contributed by atoms with Crippen molar-refractivity contribution in [3.63, 3.8) is 0 Å². The van der Waals surface area contributed by atoms with E-state index >= 15 is 0 Å². The second kappa shape index (κ2) is 56.1. The van der Waals surface area contributed by atoms with Crippen LogP contribution in [-0.4, -0.2) is 193 Å². The Morgan fingerprint density at radius 3 is 1.08 bits per heavy atom. The zero-order valence-corrected chi connectivity index (χ0v) is 58.3. The Hall–Kier alpha value is -1.73. The van der Waals surface area contributed by atoms with Gasteiger partial charge in [-0.25, -0.2) is 0 Å². The van der Waals surface area contributed by atoms with Crippen LogP contribution in [0.15, 0.2) is 24.3 Å². The van der Waals surface area contributed by atoms with Crippen LogP contribution >= 0.6 is 0 Å². The lowest BCUT2D eigenvalue weighted by Gasteiger charge is -2.48. The average Bonchev–Trinajstić information content (AvgIpc) is 0.995. The highest BCUT2D eigenvalue weighted by Gasteiger charge is 2.53. The molecule has 0 radical (unpaired) electrons. The number of hydrogen-bond donors (Lipinski definition) is 12. The van der Waals surface area contributed by atoms with Gasteiger partial charge in [0, 0.05) is 6.42 Å². The Labute approximate surface area is 562 Å². The lowest BCUT2D eigenvalue weighted by atomic mass is 9.96. The molecule has 0 saturated carbocycles. The van der Waals surface area contributed by atoms with Gasteiger partial charge in [0.05, 0.1) is 38.6 Å². The van der Waals surface area contributed by atoms with Crippen LogP contribution in [0.1, 0.15) is 309 Å². The maximum Gasteiger partial charge on any atom is 0.220 e. The zero-order valence-electron chi connectivity index (χ0n) is 58.3. The van der Waals surface area contributed by atoms with Crippen molar-refractivity contribution in [1.29, 1.82) is 0 Å². The molecule has 3 rings (SSSR count). The fourth-order valence-corrected chi connectivity index (χ4v) is 13.1. The van der Waals surface area contributed by atoms with Crippen LogP contribution in [0.5, 0.6) is 0 Å². The highest BCUT2D eigenvalue weighted by Crippen LogP contribution is 2.33. The summed E-state index contributed by atoms with van der Waals surface area (Å²) in [4.78, 5) is 13.4.